The molecule has 0 bridgehead atoms. The molecule has 186 valence electrons. The van der Waals surface area contributed by atoms with Crippen LogP contribution in [0.5, 0.6) is 5.75 Å². The van der Waals surface area contributed by atoms with Gasteiger partial charge in [-0.25, -0.2) is 8.42 Å². The first-order valence-corrected chi connectivity index (χ1v) is 13.0. The Balaban J connectivity index is 2.42. The summed E-state index contributed by atoms with van der Waals surface area (Å²) >= 11 is 0. The van der Waals surface area contributed by atoms with Gasteiger partial charge in [0.25, 0.3) is 0 Å². The third-order valence-electron chi connectivity index (χ3n) is 4.97. The van der Waals surface area contributed by atoms with Crippen molar-refractivity contribution in [3.8, 4) is 5.75 Å². The summed E-state index contributed by atoms with van der Waals surface area (Å²) in [6.45, 7) is 9.04. The maximum absolute atomic E-state index is 13.6. The fourth-order valence-electron chi connectivity index (χ4n) is 3.37. The van der Waals surface area contributed by atoms with E-state index in [1.165, 1.54) is 4.90 Å². The Labute approximate surface area is 202 Å². The molecule has 34 heavy (non-hydrogen) atoms. The maximum Gasteiger partial charge on any atom is 0.244 e. The zero-order chi connectivity index (χ0) is 25.5. The minimum absolute atomic E-state index is 0.156. The third-order valence-corrected chi connectivity index (χ3v) is 6.10. The van der Waals surface area contributed by atoms with Gasteiger partial charge in [0.1, 0.15) is 18.3 Å². The number of ether oxygens (including phenoxy) is 1. The predicted octanol–water partition coefficient (Wildman–Crippen LogP) is 3.18. The van der Waals surface area contributed by atoms with Crippen LogP contribution in [0, 0.1) is 0 Å². The number of amides is 2. The lowest BCUT2D eigenvalue weighted by molar-refractivity contribution is -0.140. The fraction of sp³-hybridized carbons (Fsp3) is 0.440. The standard InChI is InChI=1S/C25H35N3O5S/c1-7-33-22-16-12-11-15-21(22)28(34(6,31)32)18-23(29)27(17-20-13-9-8-10-14-20)19(2)24(30)26-25(3,4)5/h8-16,19H,7,17-18H2,1-6H3,(H,26,30). The van der Waals surface area contributed by atoms with Gasteiger partial charge in [0.15, 0.2) is 0 Å². The van der Waals surface area contributed by atoms with E-state index in [2.05, 4.69) is 5.32 Å². The molecule has 0 aromatic heterocycles. The predicted molar refractivity (Wildman–Crippen MR) is 134 cm³/mol. The van der Waals surface area contributed by atoms with E-state index in [0.29, 0.717) is 12.4 Å². The number of rotatable bonds is 10. The number of hydrogen-bond donors (Lipinski definition) is 1. The number of carbonyl (C=O) groups is 2. The van der Waals surface area contributed by atoms with Gasteiger partial charge in [0, 0.05) is 12.1 Å². The molecule has 1 N–H and O–H groups in total. The van der Waals surface area contributed by atoms with Crippen molar-refractivity contribution in [1.82, 2.24) is 10.2 Å². The molecule has 0 heterocycles. The Morgan fingerprint density at radius 2 is 1.62 bits per heavy atom. The Hall–Kier alpha value is -3.07. The van der Waals surface area contributed by atoms with Gasteiger partial charge in [-0.2, -0.15) is 0 Å². The van der Waals surface area contributed by atoms with Crippen molar-refractivity contribution in [2.75, 3.05) is 23.7 Å². The summed E-state index contributed by atoms with van der Waals surface area (Å²) in [5.41, 5.74) is 0.612. The first kappa shape index (κ1) is 27.2. The quantitative estimate of drug-likeness (QED) is 0.553. The molecule has 0 aliphatic rings. The van der Waals surface area contributed by atoms with Gasteiger partial charge < -0.3 is 15.0 Å². The molecule has 1 unspecified atom stereocenters. The van der Waals surface area contributed by atoms with Gasteiger partial charge >= 0.3 is 0 Å². The van der Waals surface area contributed by atoms with E-state index in [9.17, 15) is 18.0 Å². The fourth-order valence-corrected chi connectivity index (χ4v) is 4.23. The van der Waals surface area contributed by atoms with Crippen molar-refractivity contribution in [1.29, 1.82) is 0 Å². The van der Waals surface area contributed by atoms with E-state index in [1.807, 2.05) is 51.1 Å². The highest BCUT2D eigenvalue weighted by molar-refractivity contribution is 7.92. The molecule has 2 aromatic rings. The number of carbonyl (C=O) groups excluding carboxylic acids is 2. The minimum atomic E-state index is -3.83. The molecule has 0 fully saturated rings. The molecule has 0 aliphatic carbocycles. The SMILES string of the molecule is CCOc1ccccc1N(CC(=O)N(Cc1ccccc1)C(C)C(=O)NC(C)(C)C)S(C)(=O)=O. The van der Waals surface area contributed by atoms with Crippen molar-refractivity contribution >= 4 is 27.5 Å². The van der Waals surface area contributed by atoms with E-state index in [0.717, 1.165) is 16.1 Å². The summed E-state index contributed by atoms with van der Waals surface area (Å²) in [6, 6.07) is 15.1. The van der Waals surface area contributed by atoms with Crippen LogP contribution in [0.2, 0.25) is 0 Å². The van der Waals surface area contributed by atoms with Gasteiger partial charge in [0.2, 0.25) is 21.8 Å². The van der Waals surface area contributed by atoms with Crippen LogP contribution in [0.4, 0.5) is 5.69 Å². The zero-order valence-corrected chi connectivity index (χ0v) is 21.6. The van der Waals surface area contributed by atoms with Crippen molar-refractivity contribution in [2.45, 2.75) is 52.7 Å². The van der Waals surface area contributed by atoms with Crippen LogP contribution >= 0.6 is 0 Å². The summed E-state index contributed by atoms with van der Waals surface area (Å²) in [7, 11) is -3.83. The largest absolute Gasteiger partial charge is 0.492 e. The summed E-state index contributed by atoms with van der Waals surface area (Å²) in [5.74, 6) is -0.467. The van der Waals surface area contributed by atoms with E-state index in [4.69, 9.17) is 4.74 Å². The maximum atomic E-state index is 13.6. The van der Waals surface area contributed by atoms with Crippen molar-refractivity contribution in [3.63, 3.8) is 0 Å². The Morgan fingerprint density at radius 1 is 1.03 bits per heavy atom. The summed E-state index contributed by atoms with van der Waals surface area (Å²) < 4.78 is 32.0. The number of hydrogen-bond acceptors (Lipinski definition) is 5. The van der Waals surface area contributed by atoms with Crippen LogP contribution in [0.3, 0.4) is 0 Å². The Bertz CT molecular complexity index is 1080. The normalized spacial score (nSPS) is 12.5. The lowest BCUT2D eigenvalue weighted by atomic mass is 10.1. The van der Waals surface area contributed by atoms with Crippen molar-refractivity contribution in [3.05, 3.63) is 60.2 Å². The number of anilines is 1. The third kappa shape index (κ3) is 7.76. The second-order valence-corrected chi connectivity index (χ2v) is 11.0. The highest BCUT2D eigenvalue weighted by Gasteiger charge is 2.32. The zero-order valence-electron chi connectivity index (χ0n) is 20.7. The van der Waals surface area contributed by atoms with Crippen molar-refractivity contribution in [2.24, 2.45) is 0 Å². The van der Waals surface area contributed by atoms with Gasteiger partial charge in [-0.3, -0.25) is 13.9 Å². The Morgan fingerprint density at radius 3 is 2.18 bits per heavy atom. The van der Waals surface area contributed by atoms with E-state index < -0.39 is 34.1 Å². The van der Waals surface area contributed by atoms with Gasteiger partial charge in [-0.1, -0.05) is 42.5 Å². The highest BCUT2D eigenvalue weighted by atomic mass is 32.2. The smallest absolute Gasteiger partial charge is 0.244 e. The Kier molecular flexibility index (Phi) is 9.09. The number of sulfonamides is 1. The molecule has 2 aromatic carbocycles. The van der Waals surface area contributed by atoms with Crippen LogP contribution in [0.15, 0.2) is 54.6 Å². The summed E-state index contributed by atoms with van der Waals surface area (Å²) in [6.07, 6.45) is 1.04. The first-order valence-electron chi connectivity index (χ1n) is 11.2. The molecule has 0 radical (unpaired) electrons. The molecule has 0 saturated carbocycles. The molecule has 2 amide bonds. The monoisotopic (exact) mass is 489 g/mol. The van der Waals surface area contributed by atoms with Gasteiger partial charge in [0.05, 0.1) is 18.6 Å². The molecule has 9 heteroatoms. The van der Waals surface area contributed by atoms with Crippen LogP contribution in [-0.2, 0) is 26.2 Å². The van der Waals surface area contributed by atoms with Gasteiger partial charge in [-0.05, 0) is 52.3 Å². The number of benzene rings is 2. The second-order valence-electron chi connectivity index (χ2n) is 9.09. The molecule has 0 saturated heterocycles. The van der Waals surface area contributed by atoms with E-state index in [1.54, 1.807) is 38.1 Å². The first-order chi connectivity index (χ1) is 15.8. The molecule has 2 rings (SSSR count). The molecule has 1 atom stereocenters. The molecular formula is C25H35N3O5S. The lowest BCUT2D eigenvalue weighted by Crippen LogP contribution is -2.54. The molecular weight excluding hydrogens is 454 g/mol. The highest BCUT2D eigenvalue weighted by Crippen LogP contribution is 2.30. The second kappa shape index (κ2) is 11.4. The van der Waals surface area contributed by atoms with Crippen molar-refractivity contribution < 1.29 is 22.7 Å². The lowest BCUT2D eigenvalue weighted by Gasteiger charge is -2.33. The average Bonchev–Trinajstić information content (AvgIpc) is 2.75. The van der Waals surface area contributed by atoms with Gasteiger partial charge in [-0.15, -0.1) is 0 Å². The summed E-state index contributed by atoms with van der Waals surface area (Å²) in [5, 5.41) is 2.90. The van der Waals surface area contributed by atoms with Crippen LogP contribution in [0.1, 0.15) is 40.2 Å². The van der Waals surface area contributed by atoms with E-state index in [-0.39, 0.29) is 18.1 Å². The average molecular weight is 490 g/mol. The number of nitrogens with zero attached hydrogens (tertiary/aromatic N) is 2. The molecule has 8 nitrogen and oxygen atoms in total. The summed E-state index contributed by atoms with van der Waals surface area (Å²) in [4.78, 5) is 27.9. The van der Waals surface area contributed by atoms with Crippen LogP contribution in [0.25, 0.3) is 0 Å². The van der Waals surface area contributed by atoms with E-state index >= 15 is 0 Å². The van der Waals surface area contributed by atoms with Crippen LogP contribution < -0.4 is 14.4 Å². The number of para-hydroxylation sites is 2. The molecule has 0 aliphatic heterocycles. The van der Waals surface area contributed by atoms with Crippen LogP contribution in [-0.4, -0.2) is 56.1 Å². The molecule has 0 spiro atoms. The number of nitrogens with one attached hydrogen (secondary N) is 1. The minimum Gasteiger partial charge on any atom is -0.492 e. The topological polar surface area (TPSA) is 96.0 Å².